The van der Waals surface area contributed by atoms with Crippen LogP contribution in [-0.4, -0.2) is 7.05 Å². The number of hydrogen-bond donors (Lipinski definition) is 1. The van der Waals surface area contributed by atoms with Crippen molar-refractivity contribution in [3.05, 3.63) is 33.8 Å². The van der Waals surface area contributed by atoms with Gasteiger partial charge in [-0.05, 0) is 30.7 Å². The minimum atomic E-state index is 0.338. The highest BCUT2D eigenvalue weighted by Gasteiger charge is 2.16. The van der Waals surface area contributed by atoms with Crippen molar-refractivity contribution in [2.45, 2.75) is 26.3 Å². The number of rotatable bonds is 4. The van der Waals surface area contributed by atoms with E-state index in [0.717, 1.165) is 6.42 Å². The molecule has 1 nitrogen and oxygen atoms in total. The lowest BCUT2D eigenvalue weighted by atomic mass is 9.93. The summed E-state index contributed by atoms with van der Waals surface area (Å²) in [7, 11) is 1.97. The number of nitrogens with one attached hydrogen (secondary N) is 1. The summed E-state index contributed by atoms with van der Waals surface area (Å²) in [6.07, 6.45) is 1.13. The standard InChI is InChI=1S/C12H17Cl2N/c1-4-8(2)12(15-3)9-5-6-10(13)11(14)7-9/h5-8,12,15H,4H2,1-3H3. The lowest BCUT2D eigenvalue weighted by Gasteiger charge is -2.23. The molecule has 0 heterocycles. The first-order valence-corrected chi connectivity index (χ1v) is 5.98. The first-order chi connectivity index (χ1) is 7.10. The lowest BCUT2D eigenvalue weighted by molar-refractivity contribution is 0.400. The van der Waals surface area contributed by atoms with Crippen molar-refractivity contribution in [3.8, 4) is 0 Å². The molecule has 15 heavy (non-hydrogen) atoms. The summed E-state index contributed by atoms with van der Waals surface area (Å²) in [4.78, 5) is 0. The van der Waals surface area contributed by atoms with Crippen LogP contribution in [0.3, 0.4) is 0 Å². The molecule has 0 radical (unpaired) electrons. The maximum absolute atomic E-state index is 6.00. The molecule has 0 aliphatic carbocycles. The summed E-state index contributed by atoms with van der Waals surface area (Å²) in [5.74, 6) is 0.576. The molecule has 0 aromatic heterocycles. The molecule has 0 saturated heterocycles. The van der Waals surface area contributed by atoms with Crippen LogP contribution in [-0.2, 0) is 0 Å². The van der Waals surface area contributed by atoms with E-state index in [1.807, 2.05) is 25.2 Å². The SMILES string of the molecule is CCC(C)C(NC)c1ccc(Cl)c(Cl)c1. The quantitative estimate of drug-likeness (QED) is 0.835. The molecule has 1 rings (SSSR count). The van der Waals surface area contributed by atoms with E-state index in [0.29, 0.717) is 22.0 Å². The third kappa shape index (κ3) is 3.10. The maximum atomic E-state index is 6.00. The summed E-state index contributed by atoms with van der Waals surface area (Å²) >= 11 is 11.9. The van der Waals surface area contributed by atoms with Crippen LogP contribution in [0.4, 0.5) is 0 Å². The van der Waals surface area contributed by atoms with E-state index in [4.69, 9.17) is 23.2 Å². The third-order valence-electron chi connectivity index (χ3n) is 2.83. The molecule has 0 spiro atoms. The van der Waals surface area contributed by atoms with Crippen molar-refractivity contribution in [3.63, 3.8) is 0 Å². The second kappa shape index (κ2) is 5.74. The topological polar surface area (TPSA) is 12.0 Å². The monoisotopic (exact) mass is 245 g/mol. The molecule has 0 amide bonds. The molecule has 2 atom stereocenters. The van der Waals surface area contributed by atoms with Gasteiger partial charge in [-0.3, -0.25) is 0 Å². The molecule has 0 bridgehead atoms. The van der Waals surface area contributed by atoms with Crippen molar-refractivity contribution in [1.29, 1.82) is 0 Å². The summed E-state index contributed by atoms with van der Waals surface area (Å²) in [6.45, 7) is 4.41. The van der Waals surface area contributed by atoms with Gasteiger partial charge >= 0.3 is 0 Å². The summed E-state index contributed by atoms with van der Waals surface area (Å²) in [6, 6.07) is 6.16. The van der Waals surface area contributed by atoms with Crippen molar-refractivity contribution in [2.24, 2.45) is 5.92 Å². The van der Waals surface area contributed by atoms with E-state index in [2.05, 4.69) is 19.2 Å². The zero-order valence-corrected chi connectivity index (χ0v) is 10.9. The Hall–Kier alpha value is -0.240. The molecule has 1 N–H and O–H groups in total. The summed E-state index contributed by atoms with van der Waals surface area (Å²) in [5.41, 5.74) is 1.20. The molecule has 0 aliphatic heterocycles. The van der Waals surface area contributed by atoms with Gasteiger partial charge < -0.3 is 5.32 Å². The van der Waals surface area contributed by atoms with Gasteiger partial charge in [0, 0.05) is 6.04 Å². The van der Waals surface area contributed by atoms with Crippen LogP contribution >= 0.6 is 23.2 Å². The van der Waals surface area contributed by atoms with Gasteiger partial charge in [0.2, 0.25) is 0 Å². The fourth-order valence-electron chi connectivity index (χ4n) is 1.72. The molecular weight excluding hydrogens is 229 g/mol. The molecule has 0 saturated carbocycles. The van der Waals surface area contributed by atoms with Gasteiger partial charge in [-0.15, -0.1) is 0 Å². The zero-order valence-electron chi connectivity index (χ0n) is 9.35. The Morgan fingerprint density at radius 3 is 2.40 bits per heavy atom. The number of halogens is 2. The maximum Gasteiger partial charge on any atom is 0.0595 e. The molecule has 1 aromatic rings. The van der Waals surface area contributed by atoms with Crippen LogP contribution in [0.5, 0.6) is 0 Å². The minimum absolute atomic E-state index is 0.338. The van der Waals surface area contributed by atoms with E-state index in [9.17, 15) is 0 Å². The van der Waals surface area contributed by atoms with Crippen molar-refractivity contribution < 1.29 is 0 Å². The van der Waals surface area contributed by atoms with E-state index < -0.39 is 0 Å². The van der Waals surface area contributed by atoms with Crippen molar-refractivity contribution in [1.82, 2.24) is 5.32 Å². The lowest BCUT2D eigenvalue weighted by Crippen LogP contribution is -2.23. The Labute approximate surface area is 102 Å². The van der Waals surface area contributed by atoms with Crippen LogP contribution in [0.15, 0.2) is 18.2 Å². The van der Waals surface area contributed by atoms with Gasteiger partial charge in [0.1, 0.15) is 0 Å². The van der Waals surface area contributed by atoms with Gasteiger partial charge in [-0.25, -0.2) is 0 Å². The van der Waals surface area contributed by atoms with E-state index >= 15 is 0 Å². The Morgan fingerprint density at radius 2 is 1.93 bits per heavy atom. The van der Waals surface area contributed by atoms with Crippen molar-refractivity contribution >= 4 is 23.2 Å². The fourth-order valence-corrected chi connectivity index (χ4v) is 2.03. The predicted octanol–water partition coefficient (Wildman–Crippen LogP) is 4.30. The Morgan fingerprint density at radius 1 is 1.27 bits per heavy atom. The molecule has 1 aromatic carbocycles. The van der Waals surface area contributed by atoms with Gasteiger partial charge in [0.15, 0.2) is 0 Å². The molecule has 2 unspecified atom stereocenters. The largest absolute Gasteiger partial charge is 0.313 e. The predicted molar refractivity (Wildman–Crippen MR) is 67.7 cm³/mol. The van der Waals surface area contributed by atoms with Crippen LogP contribution in [0.25, 0.3) is 0 Å². The van der Waals surface area contributed by atoms with Crippen LogP contribution < -0.4 is 5.32 Å². The van der Waals surface area contributed by atoms with Crippen LogP contribution in [0, 0.1) is 5.92 Å². The highest BCUT2D eigenvalue weighted by molar-refractivity contribution is 6.42. The van der Waals surface area contributed by atoms with E-state index in [1.54, 1.807) is 0 Å². The van der Waals surface area contributed by atoms with Gasteiger partial charge in [-0.1, -0.05) is 49.5 Å². The highest BCUT2D eigenvalue weighted by Crippen LogP contribution is 2.29. The number of benzene rings is 1. The fraction of sp³-hybridized carbons (Fsp3) is 0.500. The van der Waals surface area contributed by atoms with E-state index in [-0.39, 0.29) is 0 Å². The smallest absolute Gasteiger partial charge is 0.0595 e. The molecule has 3 heteroatoms. The average Bonchev–Trinajstić information content (AvgIpc) is 2.24. The summed E-state index contributed by atoms with van der Waals surface area (Å²) in [5, 5.41) is 4.55. The highest BCUT2D eigenvalue weighted by atomic mass is 35.5. The molecule has 0 aliphatic rings. The zero-order chi connectivity index (χ0) is 11.4. The minimum Gasteiger partial charge on any atom is -0.313 e. The first kappa shape index (κ1) is 12.8. The normalized spacial score (nSPS) is 15.0. The molecule has 0 fully saturated rings. The van der Waals surface area contributed by atoms with Crippen LogP contribution in [0.1, 0.15) is 31.9 Å². The first-order valence-electron chi connectivity index (χ1n) is 5.22. The van der Waals surface area contributed by atoms with Gasteiger partial charge in [0.05, 0.1) is 10.0 Å². The van der Waals surface area contributed by atoms with E-state index in [1.165, 1.54) is 5.56 Å². The van der Waals surface area contributed by atoms with Gasteiger partial charge in [0.25, 0.3) is 0 Å². The molecule has 84 valence electrons. The van der Waals surface area contributed by atoms with Gasteiger partial charge in [-0.2, -0.15) is 0 Å². The Kier molecular flexibility index (Phi) is 4.91. The third-order valence-corrected chi connectivity index (χ3v) is 3.57. The average molecular weight is 246 g/mol. The Bertz CT molecular complexity index is 325. The number of hydrogen-bond acceptors (Lipinski definition) is 1. The second-order valence-corrected chi connectivity index (χ2v) is 4.64. The second-order valence-electron chi connectivity index (χ2n) is 3.83. The van der Waals surface area contributed by atoms with Crippen molar-refractivity contribution in [2.75, 3.05) is 7.05 Å². The molecular formula is C12H17Cl2N. The Balaban J connectivity index is 2.97. The summed E-state index contributed by atoms with van der Waals surface area (Å²) < 4.78 is 0. The van der Waals surface area contributed by atoms with Crippen LogP contribution in [0.2, 0.25) is 10.0 Å².